The van der Waals surface area contributed by atoms with Gasteiger partial charge < -0.3 is 5.32 Å². The van der Waals surface area contributed by atoms with Crippen molar-refractivity contribution in [3.8, 4) is 0 Å². The fourth-order valence-corrected chi connectivity index (χ4v) is 5.57. The highest BCUT2D eigenvalue weighted by molar-refractivity contribution is 8.04. The molecule has 3 aliphatic rings. The van der Waals surface area contributed by atoms with Crippen LogP contribution < -0.4 is 10.6 Å². The maximum atomic E-state index is 12.6. The first-order valence-electron chi connectivity index (χ1n) is 7.82. The van der Waals surface area contributed by atoms with Crippen molar-refractivity contribution in [2.24, 2.45) is 11.8 Å². The van der Waals surface area contributed by atoms with Gasteiger partial charge >= 0.3 is 0 Å². The van der Waals surface area contributed by atoms with Crippen LogP contribution in [0.2, 0.25) is 5.02 Å². The minimum Gasteiger partial charge on any atom is -0.336 e. The average Bonchev–Trinajstić information content (AvgIpc) is 2.84. The summed E-state index contributed by atoms with van der Waals surface area (Å²) in [5.41, 5.74) is 2.39. The Balaban J connectivity index is 1.58. The number of allylic oxidation sites excluding steroid dienone is 1. The molecule has 1 aromatic carbocycles. The summed E-state index contributed by atoms with van der Waals surface area (Å²) in [7, 11) is 0. The molecule has 1 saturated heterocycles. The van der Waals surface area contributed by atoms with Crippen molar-refractivity contribution in [3.05, 3.63) is 45.3 Å². The van der Waals surface area contributed by atoms with E-state index in [0.29, 0.717) is 5.02 Å². The quantitative estimate of drug-likeness (QED) is 0.820. The zero-order chi connectivity index (χ0) is 15.3. The Morgan fingerprint density at radius 1 is 1.36 bits per heavy atom. The Labute approximate surface area is 139 Å². The fourth-order valence-electron chi connectivity index (χ4n) is 3.68. The van der Waals surface area contributed by atoms with E-state index < -0.39 is 0 Å². The molecule has 5 heteroatoms. The molecule has 2 aliphatic heterocycles. The van der Waals surface area contributed by atoms with Gasteiger partial charge in [-0.15, -0.1) is 11.8 Å². The summed E-state index contributed by atoms with van der Waals surface area (Å²) < 4.78 is 0. The highest BCUT2D eigenvalue weighted by atomic mass is 35.5. The average molecular weight is 335 g/mol. The van der Waals surface area contributed by atoms with E-state index in [9.17, 15) is 4.79 Å². The van der Waals surface area contributed by atoms with E-state index >= 15 is 0 Å². The van der Waals surface area contributed by atoms with Crippen LogP contribution in [0.4, 0.5) is 0 Å². The molecule has 0 saturated carbocycles. The summed E-state index contributed by atoms with van der Waals surface area (Å²) >= 11 is 7.94. The van der Waals surface area contributed by atoms with Gasteiger partial charge in [0.2, 0.25) is 5.91 Å². The summed E-state index contributed by atoms with van der Waals surface area (Å²) in [6, 6.07) is 7.68. The maximum Gasteiger partial charge on any atom is 0.231 e. The van der Waals surface area contributed by atoms with E-state index in [2.05, 4.69) is 17.6 Å². The highest BCUT2D eigenvalue weighted by Crippen LogP contribution is 2.50. The van der Waals surface area contributed by atoms with Crippen LogP contribution in [-0.2, 0) is 4.79 Å². The van der Waals surface area contributed by atoms with E-state index in [1.807, 2.05) is 36.0 Å². The lowest BCUT2D eigenvalue weighted by Crippen LogP contribution is -2.54. The number of nitrogens with one attached hydrogen (secondary N) is 2. The van der Waals surface area contributed by atoms with E-state index in [4.69, 9.17) is 11.6 Å². The van der Waals surface area contributed by atoms with Crippen LogP contribution >= 0.6 is 23.4 Å². The Hall–Kier alpha value is -0.970. The predicted octanol–water partition coefficient (Wildman–Crippen LogP) is 3.82. The minimum absolute atomic E-state index is 0.00272. The number of hydrogen-bond donors (Lipinski definition) is 2. The predicted molar refractivity (Wildman–Crippen MR) is 90.4 cm³/mol. The van der Waals surface area contributed by atoms with Gasteiger partial charge in [-0.25, -0.2) is 0 Å². The van der Waals surface area contributed by atoms with Gasteiger partial charge in [0, 0.05) is 5.02 Å². The Morgan fingerprint density at radius 2 is 2.23 bits per heavy atom. The molecule has 0 radical (unpaired) electrons. The van der Waals surface area contributed by atoms with Crippen molar-refractivity contribution < 1.29 is 4.79 Å². The molecule has 2 N–H and O–H groups in total. The molecule has 1 fully saturated rings. The Morgan fingerprint density at radius 3 is 3.05 bits per heavy atom. The number of thioether (sulfide) groups is 1. The topological polar surface area (TPSA) is 41.1 Å². The van der Waals surface area contributed by atoms with Crippen LogP contribution in [0.5, 0.6) is 0 Å². The number of carbonyl (C=O) groups excluding carboxylic acids is 1. The van der Waals surface area contributed by atoms with E-state index in [-0.39, 0.29) is 23.4 Å². The van der Waals surface area contributed by atoms with Crippen molar-refractivity contribution in [2.45, 2.75) is 37.7 Å². The molecule has 1 amide bonds. The molecule has 0 aromatic heterocycles. The van der Waals surface area contributed by atoms with Gasteiger partial charge in [0.05, 0.1) is 11.3 Å². The molecule has 2 heterocycles. The molecule has 0 bridgehead atoms. The molecule has 4 rings (SSSR count). The number of rotatable bonds is 1. The molecular formula is C17H19ClN2OS. The largest absolute Gasteiger partial charge is 0.336 e. The first-order valence-corrected chi connectivity index (χ1v) is 9.08. The van der Waals surface area contributed by atoms with Crippen LogP contribution in [-0.4, -0.2) is 11.3 Å². The van der Waals surface area contributed by atoms with Gasteiger partial charge in [-0.05, 0) is 53.4 Å². The van der Waals surface area contributed by atoms with Gasteiger partial charge in [-0.1, -0.05) is 30.7 Å². The third-order valence-corrected chi connectivity index (χ3v) is 6.44. The minimum atomic E-state index is -0.154. The third-order valence-electron chi connectivity index (χ3n) is 4.83. The molecule has 1 aromatic rings. The normalized spacial score (nSPS) is 34.2. The van der Waals surface area contributed by atoms with Crippen molar-refractivity contribution in [2.75, 3.05) is 0 Å². The smallest absolute Gasteiger partial charge is 0.231 e. The lowest BCUT2D eigenvalue weighted by molar-refractivity contribution is -0.127. The van der Waals surface area contributed by atoms with Crippen LogP contribution in [0, 0.1) is 11.8 Å². The van der Waals surface area contributed by atoms with E-state index in [1.165, 1.54) is 16.9 Å². The van der Waals surface area contributed by atoms with Crippen LogP contribution in [0.3, 0.4) is 0 Å². The second-order valence-corrected chi connectivity index (χ2v) is 8.15. The Kier molecular flexibility index (Phi) is 3.71. The van der Waals surface area contributed by atoms with Crippen LogP contribution in [0.25, 0.3) is 0 Å². The monoisotopic (exact) mass is 334 g/mol. The number of halogens is 1. The number of benzene rings is 1. The SMILES string of the molecule is CC1CCC2=C(C1)SC1NC(c3cccc(Cl)c3)NC(=O)C21. The van der Waals surface area contributed by atoms with Gasteiger partial charge in [0.15, 0.2) is 0 Å². The second-order valence-electron chi connectivity index (χ2n) is 6.48. The summed E-state index contributed by atoms with van der Waals surface area (Å²) in [5, 5.41) is 7.57. The lowest BCUT2D eigenvalue weighted by atomic mass is 9.83. The summed E-state index contributed by atoms with van der Waals surface area (Å²) in [4.78, 5) is 14.1. The van der Waals surface area contributed by atoms with Crippen molar-refractivity contribution in [1.82, 2.24) is 10.6 Å². The molecule has 22 heavy (non-hydrogen) atoms. The standard InChI is InChI=1S/C17H19ClN2OS/c1-9-5-6-12-13(7-9)22-17-14(12)16(21)19-15(20-17)10-3-2-4-11(18)8-10/h2-4,8-9,14-15,17,20H,5-7H2,1H3,(H,19,21). The molecule has 1 aliphatic carbocycles. The zero-order valence-corrected chi connectivity index (χ0v) is 14.0. The van der Waals surface area contributed by atoms with Crippen molar-refractivity contribution >= 4 is 29.3 Å². The third kappa shape index (κ3) is 2.47. The van der Waals surface area contributed by atoms with E-state index in [1.54, 1.807) is 0 Å². The second kappa shape index (κ2) is 5.59. The molecule has 3 nitrogen and oxygen atoms in total. The fraction of sp³-hybridized carbons (Fsp3) is 0.471. The van der Waals surface area contributed by atoms with E-state index in [0.717, 1.165) is 24.3 Å². The van der Waals surface area contributed by atoms with Gasteiger partial charge in [0.1, 0.15) is 6.17 Å². The molecule has 4 unspecified atom stereocenters. The number of carbonyl (C=O) groups is 1. The molecule has 0 spiro atoms. The molecular weight excluding hydrogens is 316 g/mol. The molecule has 4 atom stereocenters. The van der Waals surface area contributed by atoms with Gasteiger partial charge in [-0.3, -0.25) is 10.1 Å². The van der Waals surface area contributed by atoms with Gasteiger partial charge in [-0.2, -0.15) is 0 Å². The zero-order valence-electron chi connectivity index (χ0n) is 12.4. The summed E-state index contributed by atoms with van der Waals surface area (Å²) in [5.74, 6) is 0.891. The first kappa shape index (κ1) is 14.6. The Bertz CT molecular complexity index is 660. The number of amides is 1. The summed E-state index contributed by atoms with van der Waals surface area (Å²) in [6.07, 6.45) is 3.25. The highest BCUT2D eigenvalue weighted by Gasteiger charge is 2.45. The maximum absolute atomic E-state index is 12.6. The molecule has 116 valence electrons. The van der Waals surface area contributed by atoms with Gasteiger partial charge in [0.25, 0.3) is 0 Å². The van der Waals surface area contributed by atoms with Crippen molar-refractivity contribution in [3.63, 3.8) is 0 Å². The first-order chi connectivity index (χ1) is 10.6. The van der Waals surface area contributed by atoms with Crippen LogP contribution in [0.1, 0.15) is 37.9 Å². The summed E-state index contributed by atoms with van der Waals surface area (Å²) in [6.45, 7) is 2.30. The number of fused-ring (bicyclic) bond motifs is 2. The lowest BCUT2D eigenvalue weighted by Gasteiger charge is -2.34. The van der Waals surface area contributed by atoms with Crippen molar-refractivity contribution in [1.29, 1.82) is 0 Å². The van der Waals surface area contributed by atoms with Crippen LogP contribution in [0.15, 0.2) is 34.7 Å². The number of hydrogen-bond acceptors (Lipinski definition) is 3.